The second kappa shape index (κ2) is 10.5. The van der Waals surface area contributed by atoms with Crippen LogP contribution in [0.3, 0.4) is 0 Å². The number of halogens is 3. The Labute approximate surface area is 202 Å². The minimum atomic E-state index is -3.76. The zero-order valence-corrected chi connectivity index (χ0v) is 20.6. The number of rotatable bonds is 6. The zero-order valence-electron chi connectivity index (χ0n) is 17.5. The van der Waals surface area contributed by atoms with Crippen molar-refractivity contribution in [3.63, 3.8) is 0 Å². The average molecular weight is 522 g/mol. The number of benzene rings is 2. The van der Waals surface area contributed by atoms with E-state index in [1.807, 2.05) is 17.0 Å². The number of anilines is 1. The fraction of sp³-hybridized carbons (Fsp3) is 0.381. The van der Waals surface area contributed by atoms with Gasteiger partial charge in [0.2, 0.25) is 0 Å². The van der Waals surface area contributed by atoms with Gasteiger partial charge in [-0.3, -0.25) is 9.08 Å². The van der Waals surface area contributed by atoms with E-state index >= 15 is 0 Å². The predicted molar refractivity (Wildman–Crippen MR) is 126 cm³/mol. The van der Waals surface area contributed by atoms with E-state index in [-0.39, 0.29) is 19.8 Å². The van der Waals surface area contributed by atoms with Crippen LogP contribution in [0, 0.1) is 0 Å². The standard InChI is InChI=1S/C21H23Cl3N2O5S/c1-3-30-21(27)26-11-10-25(18-9-8-16(23)12-17(18)24)20(14-4-6-15(22)7-5-14)19(26)13-31-32(2,28)29/h4-9,12,19-20H,3,10-11,13H2,1-2H3/t19-,20?/m1/s1. The molecule has 1 aliphatic rings. The van der Waals surface area contributed by atoms with Gasteiger partial charge >= 0.3 is 6.09 Å². The van der Waals surface area contributed by atoms with E-state index in [0.29, 0.717) is 27.3 Å². The molecule has 2 aromatic rings. The molecule has 0 bridgehead atoms. The first-order chi connectivity index (χ1) is 15.1. The number of nitrogens with zero attached hydrogens (tertiary/aromatic N) is 2. The molecule has 1 saturated heterocycles. The van der Waals surface area contributed by atoms with Crippen molar-refractivity contribution in [2.24, 2.45) is 0 Å². The Morgan fingerprint density at radius 2 is 1.72 bits per heavy atom. The first-order valence-electron chi connectivity index (χ1n) is 9.85. The number of carbonyl (C=O) groups excluding carboxylic acids is 1. The minimum Gasteiger partial charge on any atom is -0.450 e. The summed E-state index contributed by atoms with van der Waals surface area (Å²) in [5.74, 6) is 0. The molecule has 1 unspecified atom stereocenters. The number of piperazine rings is 1. The third kappa shape index (κ3) is 5.99. The van der Waals surface area contributed by atoms with E-state index in [0.717, 1.165) is 11.8 Å². The Hall–Kier alpha value is -1.71. The van der Waals surface area contributed by atoms with Gasteiger partial charge in [-0.25, -0.2) is 4.79 Å². The minimum absolute atomic E-state index is 0.188. The van der Waals surface area contributed by atoms with Crippen LogP contribution in [-0.2, 0) is 19.0 Å². The highest BCUT2D eigenvalue weighted by atomic mass is 35.5. The summed E-state index contributed by atoms with van der Waals surface area (Å²) in [5, 5.41) is 1.47. The first kappa shape index (κ1) is 24.9. The van der Waals surface area contributed by atoms with Gasteiger partial charge in [-0.15, -0.1) is 0 Å². The Kier molecular flexibility index (Phi) is 8.16. The van der Waals surface area contributed by atoms with Gasteiger partial charge in [0, 0.05) is 23.1 Å². The highest BCUT2D eigenvalue weighted by Crippen LogP contribution is 2.40. The number of ether oxygens (including phenoxy) is 1. The van der Waals surface area contributed by atoms with Crippen LogP contribution in [0.15, 0.2) is 42.5 Å². The molecule has 1 aliphatic heterocycles. The number of hydrogen-bond donors (Lipinski definition) is 0. The third-order valence-electron chi connectivity index (χ3n) is 5.07. The normalized spacial score (nSPS) is 19.2. The summed E-state index contributed by atoms with van der Waals surface area (Å²) >= 11 is 18.7. The Morgan fingerprint density at radius 3 is 2.31 bits per heavy atom. The summed E-state index contributed by atoms with van der Waals surface area (Å²) < 4.78 is 33.9. The predicted octanol–water partition coefficient (Wildman–Crippen LogP) is 5.01. The molecule has 3 rings (SSSR count). The molecule has 11 heteroatoms. The lowest BCUT2D eigenvalue weighted by Crippen LogP contribution is -2.59. The van der Waals surface area contributed by atoms with Gasteiger partial charge in [0.1, 0.15) is 0 Å². The summed E-state index contributed by atoms with van der Waals surface area (Å²) in [5.41, 5.74) is 1.50. The highest BCUT2D eigenvalue weighted by molar-refractivity contribution is 7.85. The Morgan fingerprint density at radius 1 is 1.06 bits per heavy atom. The summed E-state index contributed by atoms with van der Waals surface area (Å²) in [6.07, 6.45) is 0.422. The van der Waals surface area contributed by atoms with Gasteiger partial charge in [0.15, 0.2) is 0 Å². The summed E-state index contributed by atoms with van der Waals surface area (Å²) in [7, 11) is -3.76. The van der Waals surface area contributed by atoms with Gasteiger partial charge < -0.3 is 9.64 Å². The fourth-order valence-corrected chi connectivity index (χ4v) is 4.78. The van der Waals surface area contributed by atoms with Gasteiger partial charge in [-0.05, 0) is 42.8 Å². The molecule has 1 heterocycles. The van der Waals surface area contributed by atoms with Gasteiger partial charge in [0.25, 0.3) is 10.1 Å². The van der Waals surface area contributed by atoms with Crippen LogP contribution in [-0.4, -0.2) is 58.0 Å². The van der Waals surface area contributed by atoms with Crippen molar-refractivity contribution in [2.75, 3.05) is 37.5 Å². The van der Waals surface area contributed by atoms with Crippen LogP contribution in [0.4, 0.5) is 10.5 Å². The molecule has 0 spiro atoms. The summed E-state index contributed by atoms with van der Waals surface area (Å²) in [6, 6.07) is 11.1. The van der Waals surface area contributed by atoms with Gasteiger partial charge in [-0.1, -0.05) is 46.9 Å². The Balaban J connectivity index is 2.11. The van der Waals surface area contributed by atoms with Crippen LogP contribution < -0.4 is 4.90 Å². The van der Waals surface area contributed by atoms with E-state index in [9.17, 15) is 13.2 Å². The van der Waals surface area contributed by atoms with Crippen molar-refractivity contribution in [1.29, 1.82) is 0 Å². The highest BCUT2D eigenvalue weighted by Gasteiger charge is 2.42. The van der Waals surface area contributed by atoms with Gasteiger partial charge in [-0.2, -0.15) is 8.42 Å². The van der Waals surface area contributed by atoms with Crippen molar-refractivity contribution in [1.82, 2.24) is 4.90 Å². The molecular formula is C21H23Cl3N2O5S. The van der Waals surface area contributed by atoms with Crippen molar-refractivity contribution in [3.8, 4) is 0 Å². The van der Waals surface area contributed by atoms with Gasteiger partial charge in [0.05, 0.1) is 42.3 Å². The van der Waals surface area contributed by atoms with E-state index in [1.165, 1.54) is 4.90 Å². The van der Waals surface area contributed by atoms with E-state index in [1.54, 1.807) is 37.3 Å². The molecular weight excluding hydrogens is 499 g/mol. The molecule has 1 fully saturated rings. The second-order valence-corrected chi connectivity index (χ2v) is 10.2. The van der Waals surface area contributed by atoms with Crippen molar-refractivity contribution >= 4 is 56.7 Å². The molecule has 1 amide bonds. The van der Waals surface area contributed by atoms with Crippen LogP contribution in [0.5, 0.6) is 0 Å². The lowest BCUT2D eigenvalue weighted by atomic mass is 9.93. The van der Waals surface area contributed by atoms with Crippen LogP contribution in [0.1, 0.15) is 18.5 Å². The number of hydrogen-bond acceptors (Lipinski definition) is 6. The molecule has 0 aromatic heterocycles. The third-order valence-corrected chi connectivity index (χ3v) is 6.42. The monoisotopic (exact) mass is 520 g/mol. The Bertz CT molecular complexity index is 1070. The fourth-order valence-electron chi connectivity index (χ4n) is 3.75. The van der Waals surface area contributed by atoms with Crippen molar-refractivity contribution < 1.29 is 22.1 Å². The largest absolute Gasteiger partial charge is 0.450 e. The van der Waals surface area contributed by atoms with Crippen molar-refractivity contribution in [3.05, 3.63) is 63.1 Å². The van der Waals surface area contributed by atoms with Crippen LogP contribution in [0.2, 0.25) is 15.1 Å². The summed E-state index contributed by atoms with van der Waals surface area (Å²) in [4.78, 5) is 16.2. The molecule has 0 N–H and O–H groups in total. The quantitative estimate of drug-likeness (QED) is 0.497. The molecule has 32 heavy (non-hydrogen) atoms. The van der Waals surface area contributed by atoms with Crippen LogP contribution >= 0.6 is 34.8 Å². The first-order valence-corrected chi connectivity index (χ1v) is 12.8. The lowest BCUT2D eigenvalue weighted by Gasteiger charge is -2.48. The second-order valence-electron chi connectivity index (χ2n) is 7.23. The maximum atomic E-state index is 12.7. The number of carbonyl (C=O) groups is 1. The van der Waals surface area contributed by atoms with E-state index in [4.69, 9.17) is 43.7 Å². The molecule has 2 atom stereocenters. The summed E-state index contributed by atoms with van der Waals surface area (Å²) in [6.45, 7) is 2.34. The number of amides is 1. The SMILES string of the molecule is CCOC(=O)N1CCN(c2ccc(Cl)cc2Cl)C(c2ccc(Cl)cc2)[C@H]1COS(C)(=O)=O. The molecule has 174 valence electrons. The van der Waals surface area contributed by atoms with Crippen molar-refractivity contribution in [2.45, 2.75) is 19.0 Å². The average Bonchev–Trinajstić information content (AvgIpc) is 2.72. The van der Waals surface area contributed by atoms with E-state index in [2.05, 4.69) is 0 Å². The molecule has 0 saturated carbocycles. The topological polar surface area (TPSA) is 76.2 Å². The smallest absolute Gasteiger partial charge is 0.410 e. The van der Waals surface area contributed by atoms with Crippen LogP contribution in [0.25, 0.3) is 0 Å². The molecule has 0 radical (unpaired) electrons. The lowest BCUT2D eigenvalue weighted by molar-refractivity contribution is 0.0580. The molecule has 2 aromatic carbocycles. The molecule has 0 aliphatic carbocycles. The zero-order chi connectivity index (χ0) is 23.5. The van der Waals surface area contributed by atoms with E-state index < -0.39 is 28.3 Å². The maximum absolute atomic E-state index is 12.7. The molecule has 7 nitrogen and oxygen atoms in total. The maximum Gasteiger partial charge on any atom is 0.410 e.